The number of aromatic hydroxyl groups is 4. The monoisotopic (exact) mass is 1280 g/mol. The van der Waals surface area contributed by atoms with Gasteiger partial charge in [-0.2, -0.15) is 0 Å². The van der Waals surface area contributed by atoms with E-state index in [0.717, 1.165) is 99.3 Å². The van der Waals surface area contributed by atoms with E-state index in [2.05, 4.69) is 132 Å². The van der Waals surface area contributed by atoms with E-state index in [1.165, 1.54) is 0 Å². The first-order valence-corrected chi connectivity index (χ1v) is 35.3. The van der Waals surface area contributed by atoms with Gasteiger partial charge in [-0.25, -0.2) is 0 Å². The van der Waals surface area contributed by atoms with Gasteiger partial charge in [0, 0.05) is 69.4 Å². The molecule has 0 radical (unpaired) electrons. The Hall–Kier alpha value is -6.82. The number of carbonyl (C=O) groups is 2. The number of hydrogen-bond donors (Lipinski definition) is 4. The summed E-state index contributed by atoms with van der Waals surface area (Å²) >= 11 is 0. The normalized spacial score (nSPS) is 22.3. The molecule has 12 nitrogen and oxygen atoms in total. The van der Waals surface area contributed by atoms with Crippen LogP contribution in [0.1, 0.15) is 296 Å². The number of phenolic OH excluding ortho intramolecular Hbond substituents is 4. The molecule has 0 aliphatic heterocycles. The lowest BCUT2D eigenvalue weighted by Gasteiger charge is -2.28. The van der Waals surface area contributed by atoms with Crippen LogP contribution in [-0.4, -0.2) is 81.4 Å². The highest BCUT2D eigenvalue weighted by Gasteiger charge is 2.32. The van der Waals surface area contributed by atoms with Crippen molar-refractivity contribution >= 4 is 36.8 Å². The van der Waals surface area contributed by atoms with Gasteiger partial charge in [0.1, 0.15) is 34.5 Å². The largest absolute Gasteiger partial charge is 0.507 e. The average molecular weight is 1290 g/mol. The van der Waals surface area contributed by atoms with Gasteiger partial charge >= 0.3 is 11.9 Å². The molecule has 6 atom stereocenters. The van der Waals surface area contributed by atoms with Crippen LogP contribution in [0.2, 0.25) is 0 Å². The van der Waals surface area contributed by atoms with Gasteiger partial charge in [-0.1, -0.05) is 187 Å². The second kappa shape index (κ2) is 31.4. The van der Waals surface area contributed by atoms with Gasteiger partial charge in [-0.05, 0) is 170 Å². The first-order valence-electron chi connectivity index (χ1n) is 35.3. The lowest BCUT2D eigenvalue weighted by Crippen LogP contribution is -2.27. The molecule has 4 N–H and O–H groups in total. The summed E-state index contributed by atoms with van der Waals surface area (Å²) in [7, 11) is 0. The minimum absolute atomic E-state index is 0.111. The lowest BCUT2D eigenvalue weighted by molar-refractivity contribution is -0.140. The number of benzene rings is 4. The predicted octanol–water partition coefficient (Wildman–Crippen LogP) is 19.8. The van der Waals surface area contributed by atoms with Crippen LogP contribution >= 0.6 is 0 Å². The van der Waals surface area contributed by atoms with Gasteiger partial charge in [-0.15, -0.1) is 0 Å². The van der Waals surface area contributed by atoms with E-state index in [0.29, 0.717) is 83.4 Å². The number of rotatable bonds is 12. The van der Waals surface area contributed by atoms with Crippen molar-refractivity contribution in [3.05, 3.63) is 128 Å². The fourth-order valence-corrected chi connectivity index (χ4v) is 13.0. The minimum Gasteiger partial charge on any atom is -0.507 e. The Bertz CT molecular complexity index is 3220. The van der Waals surface area contributed by atoms with Gasteiger partial charge in [0.15, 0.2) is 0 Å². The van der Waals surface area contributed by atoms with Crippen molar-refractivity contribution in [2.75, 3.05) is 0 Å². The second-order valence-electron chi connectivity index (χ2n) is 33.4. The molecule has 3 aliphatic carbocycles. The quantitative estimate of drug-likeness (QED) is 0.0468. The Morgan fingerprint density at radius 3 is 0.883 bits per heavy atom. The molecule has 0 saturated heterocycles. The summed E-state index contributed by atoms with van der Waals surface area (Å²) in [5.41, 5.74) is 6.11. The third-order valence-electron chi connectivity index (χ3n) is 19.1. The zero-order valence-corrected chi connectivity index (χ0v) is 60.6. The number of esters is 2. The maximum atomic E-state index is 14.3. The fraction of sp³-hybridized carbons (Fsp3) is 0.585. The molecular formula is C82H116N4O8. The summed E-state index contributed by atoms with van der Waals surface area (Å²) in [6, 6.07) is 14.9. The number of aliphatic imine (C=N–C) groups is 4. The van der Waals surface area contributed by atoms with Crippen LogP contribution in [0.5, 0.6) is 34.5 Å². The number of carbonyl (C=O) groups excluding carboxylic acids is 2. The molecule has 4 aromatic rings. The van der Waals surface area contributed by atoms with Gasteiger partial charge in [0.2, 0.25) is 0 Å². The highest BCUT2D eigenvalue weighted by Crippen LogP contribution is 2.42. The van der Waals surface area contributed by atoms with E-state index in [1.54, 1.807) is 36.7 Å². The predicted molar refractivity (Wildman–Crippen MR) is 390 cm³/mol. The van der Waals surface area contributed by atoms with Crippen molar-refractivity contribution in [2.45, 2.75) is 297 Å². The van der Waals surface area contributed by atoms with Gasteiger partial charge < -0.3 is 29.9 Å². The van der Waals surface area contributed by atoms with E-state index >= 15 is 0 Å². The summed E-state index contributed by atoms with van der Waals surface area (Å²) < 4.78 is 12.6. The van der Waals surface area contributed by atoms with Crippen LogP contribution in [-0.2, 0) is 42.1 Å². The third-order valence-corrected chi connectivity index (χ3v) is 19.1. The Kier molecular flexibility index (Phi) is 24.9. The molecule has 3 aliphatic rings. The van der Waals surface area contributed by atoms with Crippen LogP contribution in [0, 0.1) is 11.8 Å². The van der Waals surface area contributed by atoms with Gasteiger partial charge in [0.25, 0.3) is 0 Å². The fourth-order valence-electron chi connectivity index (χ4n) is 13.0. The highest BCUT2D eigenvalue weighted by molar-refractivity contribution is 5.89. The zero-order valence-electron chi connectivity index (χ0n) is 60.6. The van der Waals surface area contributed by atoms with Crippen LogP contribution in [0.15, 0.2) is 92.8 Å². The van der Waals surface area contributed by atoms with Gasteiger partial charge in [0.05, 0.1) is 36.0 Å². The van der Waals surface area contributed by atoms with Crippen molar-refractivity contribution < 1.29 is 39.5 Å². The molecule has 0 bridgehead atoms. The van der Waals surface area contributed by atoms with Crippen molar-refractivity contribution in [3.8, 4) is 34.5 Å². The van der Waals surface area contributed by atoms with Crippen LogP contribution in [0.3, 0.4) is 0 Å². The van der Waals surface area contributed by atoms with Crippen LogP contribution in [0.25, 0.3) is 0 Å². The maximum Gasteiger partial charge on any atom is 0.314 e. The molecule has 2 unspecified atom stereocenters. The maximum absolute atomic E-state index is 14.3. The molecular weight excluding hydrogens is 1170 g/mol. The first kappa shape index (κ1) is 74.6. The summed E-state index contributed by atoms with van der Waals surface area (Å²) in [5, 5.41) is 46.6. The number of phenols is 4. The second-order valence-corrected chi connectivity index (χ2v) is 33.4. The smallest absolute Gasteiger partial charge is 0.314 e. The van der Waals surface area contributed by atoms with E-state index in [1.807, 2.05) is 54.0 Å². The van der Waals surface area contributed by atoms with E-state index in [4.69, 9.17) is 29.4 Å². The minimum atomic E-state index is -0.464. The van der Waals surface area contributed by atoms with Gasteiger partial charge in [-0.3, -0.25) is 29.6 Å². The summed E-state index contributed by atoms with van der Waals surface area (Å²) in [6.07, 6.45) is 30.2. The molecule has 4 aromatic carbocycles. The van der Waals surface area contributed by atoms with Crippen LogP contribution in [0.4, 0.5) is 0 Å². The van der Waals surface area contributed by atoms with Crippen LogP contribution < -0.4 is 9.47 Å². The van der Waals surface area contributed by atoms with Crippen molar-refractivity contribution in [1.29, 1.82) is 0 Å². The number of ether oxygens (including phenoxy) is 2. The topological polar surface area (TPSA) is 183 Å². The van der Waals surface area contributed by atoms with E-state index in [-0.39, 0.29) is 92.6 Å². The molecule has 94 heavy (non-hydrogen) atoms. The zero-order chi connectivity index (χ0) is 69.1. The number of hydrogen-bond acceptors (Lipinski definition) is 12. The Balaban J connectivity index is 1.00. The summed E-state index contributed by atoms with van der Waals surface area (Å²) in [4.78, 5) is 48.9. The standard InChI is InChI=1S/C82H116N4O8/c1-77(2,3)59-41-55(71(87)63(45-59)79(7,8)9)49-83-67-37-29-31-39-69(67)85-51-57-43-61(47-65(73(57)89)81(13,14)15)93-75(91)53-33-25-21-19-23-27-35-54(36-28-24-20-22-26-34-53)76(92)94-62-44-58(74(90)66(48-62)82(16,17)18)52-86-70-40-32-30-38-68(70)84-50-56-42-60(78(4,5)6)46-64(72(56)88)80(10,11)12/h19-21,24,41-54,67-70,87-90H,22-23,25-40H2,1-18H3/b21-19-,24-20-,83-49?,84-50?,85-51?,86-52?/t53?,54?,67-,68-,69-,70-/m1/s1. The molecule has 0 spiro atoms. The van der Waals surface area contributed by atoms with E-state index < -0.39 is 10.8 Å². The van der Waals surface area contributed by atoms with E-state index in [9.17, 15) is 30.0 Å². The molecule has 0 amide bonds. The number of nitrogens with zero attached hydrogens (tertiary/aromatic N) is 4. The molecule has 7 rings (SSSR count). The molecule has 2 fully saturated rings. The number of allylic oxidation sites excluding steroid dienone is 4. The SMILES string of the molecule is CC(C)(C)c1cc(C=N[C@@H]2CCCC[C@H]2N=Cc2cc(OC(=O)C3CC/C=C\CCCC(C(=O)Oc4cc(C=N[C@@H]5CCCC[C@H]5N=Cc5cc(C(C)(C)C)cc(C(C)(C)C)c5O)c(O)c(C(C)(C)C)c4)CC/C=C\CCC3)cc(C(C)(C)C)c2O)c(O)c(C(C)(C)C)c1. The van der Waals surface area contributed by atoms with Crippen molar-refractivity contribution in [2.24, 2.45) is 31.8 Å². The molecule has 2 saturated carbocycles. The third kappa shape index (κ3) is 20.6. The highest BCUT2D eigenvalue weighted by atomic mass is 16.5. The average Bonchev–Trinajstić information content (AvgIpc) is 0.812. The molecule has 12 heteroatoms. The lowest BCUT2D eigenvalue weighted by atomic mass is 9.79. The summed E-state index contributed by atoms with van der Waals surface area (Å²) in [5.74, 6) is 0.235. The molecule has 0 aromatic heterocycles. The first-order chi connectivity index (χ1) is 43.9. The Morgan fingerprint density at radius 2 is 0.606 bits per heavy atom. The van der Waals surface area contributed by atoms with Crippen molar-refractivity contribution in [1.82, 2.24) is 0 Å². The Labute approximate surface area is 565 Å². The molecule has 512 valence electrons. The Morgan fingerprint density at radius 1 is 0.340 bits per heavy atom. The summed E-state index contributed by atoms with van der Waals surface area (Å²) in [6.45, 7) is 38.0. The van der Waals surface area contributed by atoms with Crippen molar-refractivity contribution in [3.63, 3.8) is 0 Å². The molecule has 0 heterocycles.